The number of nitrogens with zero attached hydrogens (tertiary/aromatic N) is 5. The van der Waals surface area contributed by atoms with Crippen molar-refractivity contribution >= 4 is 16.9 Å². The predicted octanol–water partition coefficient (Wildman–Crippen LogP) is 3.97. The highest BCUT2D eigenvalue weighted by Crippen LogP contribution is 2.33. The van der Waals surface area contributed by atoms with Gasteiger partial charge in [0.25, 0.3) is 5.56 Å². The number of pyridine rings is 1. The number of piperazine rings is 1. The minimum absolute atomic E-state index is 0.0171. The fraction of sp³-hybridized carbons (Fsp3) is 0.345. The Morgan fingerprint density at radius 2 is 1.82 bits per heavy atom. The van der Waals surface area contributed by atoms with Crippen LogP contribution in [0.2, 0.25) is 0 Å². The van der Waals surface area contributed by atoms with Gasteiger partial charge in [0.15, 0.2) is 11.5 Å². The van der Waals surface area contributed by atoms with Gasteiger partial charge in [-0.2, -0.15) is 0 Å². The van der Waals surface area contributed by atoms with Crippen LogP contribution in [-0.2, 0) is 13.5 Å². The van der Waals surface area contributed by atoms with Gasteiger partial charge in [0, 0.05) is 63.5 Å². The van der Waals surface area contributed by atoms with E-state index in [1.165, 1.54) is 6.07 Å². The number of aromatic hydroxyl groups is 1. The number of halogens is 1. The standard InChI is InChI=1S/C29H32FN5O3/c1-4-34-10-12-35(13-11-34)29-32-18-23(28(37)33(29)3)19-6-7-21(24(30)15-19)14-20-8-9-31-25-17-27(38-5-2)26(36)16-22(20)25/h6-9,15-18,36H,4-5,10-14H2,1-3H3. The van der Waals surface area contributed by atoms with Crippen molar-refractivity contribution in [1.82, 2.24) is 19.4 Å². The number of hydrogen-bond donors (Lipinski definition) is 1. The molecule has 1 saturated heterocycles. The summed E-state index contributed by atoms with van der Waals surface area (Å²) in [5, 5.41) is 11.1. The molecule has 1 aliphatic heterocycles. The number of fused-ring (bicyclic) bond motifs is 1. The maximum atomic E-state index is 15.3. The first-order valence-electron chi connectivity index (χ1n) is 12.9. The van der Waals surface area contributed by atoms with Gasteiger partial charge in [0.05, 0.1) is 17.7 Å². The first kappa shape index (κ1) is 25.7. The van der Waals surface area contributed by atoms with Crippen LogP contribution in [0.15, 0.2) is 53.6 Å². The van der Waals surface area contributed by atoms with E-state index in [0.29, 0.717) is 46.9 Å². The number of ether oxygens (including phenoxy) is 1. The van der Waals surface area contributed by atoms with E-state index in [2.05, 4.69) is 26.7 Å². The van der Waals surface area contributed by atoms with Crippen molar-refractivity contribution in [3.05, 3.63) is 76.1 Å². The molecule has 0 saturated carbocycles. The van der Waals surface area contributed by atoms with Gasteiger partial charge >= 0.3 is 0 Å². The smallest absolute Gasteiger partial charge is 0.262 e. The van der Waals surface area contributed by atoms with Crippen LogP contribution in [-0.4, -0.2) is 63.9 Å². The number of likely N-dealkylation sites (N-methyl/N-ethyl adjacent to an activating group) is 1. The minimum Gasteiger partial charge on any atom is -0.504 e. The first-order valence-corrected chi connectivity index (χ1v) is 12.9. The second-order valence-electron chi connectivity index (χ2n) is 9.48. The van der Waals surface area contributed by atoms with Crippen molar-refractivity contribution in [3.63, 3.8) is 0 Å². The topological polar surface area (TPSA) is 83.7 Å². The average Bonchev–Trinajstić information content (AvgIpc) is 2.92. The van der Waals surface area contributed by atoms with Crippen LogP contribution in [0.4, 0.5) is 10.3 Å². The average molecular weight is 518 g/mol. The van der Waals surface area contributed by atoms with Crippen molar-refractivity contribution in [2.24, 2.45) is 7.05 Å². The zero-order chi connectivity index (χ0) is 26.8. The van der Waals surface area contributed by atoms with Crippen LogP contribution < -0.4 is 15.2 Å². The first-order chi connectivity index (χ1) is 18.4. The summed E-state index contributed by atoms with van der Waals surface area (Å²) in [5.74, 6) is 0.601. The Bertz CT molecular complexity index is 1530. The lowest BCUT2D eigenvalue weighted by molar-refractivity contribution is 0.269. The van der Waals surface area contributed by atoms with Crippen molar-refractivity contribution in [1.29, 1.82) is 0 Å². The lowest BCUT2D eigenvalue weighted by atomic mass is 9.98. The molecule has 198 valence electrons. The molecule has 3 heterocycles. The van der Waals surface area contributed by atoms with Crippen LogP contribution in [0.3, 0.4) is 0 Å². The molecule has 1 fully saturated rings. The quantitative estimate of drug-likeness (QED) is 0.397. The lowest BCUT2D eigenvalue weighted by Gasteiger charge is -2.35. The number of rotatable bonds is 7. The third-order valence-corrected chi connectivity index (χ3v) is 7.20. The lowest BCUT2D eigenvalue weighted by Crippen LogP contribution is -2.48. The third-order valence-electron chi connectivity index (χ3n) is 7.20. The molecule has 2 aromatic heterocycles. The van der Waals surface area contributed by atoms with Crippen LogP contribution in [0.5, 0.6) is 11.5 Å². The molecule has 0 amide bonds. The fourth-order valence-electron chi connectivity index (χ4n) is 5.00. The zero-order valence-electron chi connectivity index (χ0n) is 21.9. The molecule has 8 nitrogen and oxygen atoms in total. The van der Waals surface area contributed by atoms with Crippen molar-refractivity contribution in [2.45, 2.75) is 20.3 Å². The molecule has 38 heavy (non-hydrogen) atoms. The predicted molar refractivity (Wildman–Crippen MR) is 147 cm³/mol. The van der Waals surface area contributed by atoms with Crippen LogP contribution >= 0.6 is 0 Å². The molecule has 0 atom stereocenters. The number of aromatic nitrogens is 3. The summed E-state index contributed by atoms with van der Waals surface area (Å²) < 4.78 is 22.3. The summed E-state index contributed by atoms with van der Waals surface area (Å²) in [4.78, 5) is 26.7. The van der Waals surface area contributed by atoms with Gasteiger partial charge in [-0.1, -0.05) is 19.1 Å². The molecule has 0 unspecified atom stereocenters. The second kappa shape index (κ2) is 10.8. The molecule has 0 spiro atoms. The number of phenolic OH excluding ortho intramolecular Hbond substituents is 1. The molecular weight excluding hydrogens is 485 g/mol. The van der Waals surface area contributed by atoms with Gasteiger partial charge in [0.1, 0.15) is 5.82 Å². The van der Waals surface area contributed by atoms with Crippen molar-refractivity contribution in [2.75, 3.05) is 44.2 Å². The van der Waals surface area contributed by atoms with E-state index in [1.807, 2.05) is 13.0 Å². The van der Waals surface area contributed by atoms with E-state index >= 15 is 4.39 Å². The molecule has 9 heteroatoms. The summed E-state index contributed by atoms with van der Waals surface area (Å²) in [6.07, 6.45) is 3.51. The maximum Gasteiger partial charge on any atom is 0.262 e. The number of hydrogen-bond acceptors (Lipinski definition) is 7. The van der Waals surface area contributed by atoms with E-state index in [1.54, 1.807) is 48.3 Å². The molecule has 0 bridgehead atoms. The van der Waals surface area contributed by atoms with Gasteiger partial charge in [-0.25, -0.2) is 9.37 Å². The Kier molecular flexibility index (Phi) is 7.28. The Morgan fingerprint density at radius 3 is 2.53 bits per heavy atom. The van der Waals surface area contributed by atoms with E-state index < -0.39 is 5.82 Å². The maximum absolute atomic E-state index is 15.3. The monoisotopic (exact) mass is 517 g/mol. The Labute approximate surface area is 220 Å². The van der Waals surface area contributed by atoms with Gasteiger partial charge in [-0.05, 0) is 48.4 Å². The number of anilines is 1. The molecule has 2 aromatic carbocycles. The molecule has 1 aliphatic rings. The fourth-order valence-corrected chi connectivity index (χ4v) is 5.00. The Morgan fingerprint density at radius 1 is 1.03 bits per heavy atom. The minimum atomic E-state index is -0.413. The molecule has 1 N–H and O–H groups in total. The molecule has 0 aliphatic carbocycles. The summed E-state index contributed by atoms with van der Waals surface area (Å²) in [6.45, 7) is 8.90. The highest BCUT2D eigenvalue weighted by Gasteiger charge is 2.21. The number of benzene rings is 2. The normalized spacial score (nSPS) is 14.3. The van der Waals surface area contributed by atoms with E-state index in [-0.39, 0.29) is 11.3 Å². The molecule has 0 radical (unpaired) electrons. The second-order valence-corrected chi connectivity index (χ2v) is 9.48. The van der Waals surface area contributed by atoms with Gasteiger partial charge in [-0.3, -0.25) is 14.3 Å². The Balaban J connectivity index is 1.41. The Hall–Kier alpha value is -3.98. The summed E-state index contributed by atoms with van der Waals surface area (Å²) in [7, 11) is 1.71. The van der Waals surface area contributed by atoms with E-state index in [0.717, 1.165) is 43.7 Å². The SMILES string of the molecule is CCOc1cc2nccc(Cc3ccc(-c4cnc(N5CCN(CC)CC5)n(C)c4=O)cc3F)c2cc1O. The summed E-state index contributed by atoms with van der Waals surface area (Å²) in [5.41, 5.74) is 2.60. The zero-order valence-corrected chi connectivity index (χ0v) is 21.9. The molecule has 4 aromatic rings. The highest BCUT2D eigenvalue weighted by molar-refractivity contribution is 5.85. The van der Waals surface area contributed by atoms with Crippen LogP contribution in [0, 0.1) is 5.82 Å². The van der Waals surface area contributed by atoms with E-state index in [9.17, 15) is 9.90 Å². The number of phenols is 1. The van der Waals surface area contributed by atoms with E-state index in [4.69, 9.17) is 4.74 Å². The van der Waals surface area contributed by atoms with Gasteiger partial charge in [-0.15, -0.1) is 0 Å². The molecular formula is C29H32FN5O3. The highest BCUT2D eigenvalue weighted by atomic mass is 19.1. The van der Waals surface area contributed by atoms with Crippen molar-refractivity contribution in [3.8, 4) is 22.6 Å². The summed E-state index contributed by atoms with van der Waals surface area (Å²) >= 11 is 0. The van der Waals surface area contributed by atoms with Gasteiger partial charge < -0.3 is 19.6 Å². The van der Waals surface area contributed by atoms with Crippen LogP contribution in [0.25, 0.3) is 22.0 Å². The summed E-state index contributed by atoms with van der Waals surface area (Å²) in [6, 6.07) is 9.95. The molecule has 5 rings (SSSR count). The van der Waals surface area contributed by atoms with Crippen molar-refractivity contribution < 1.29 is 14.2 Å². The largest absolute Gasteiger partial charge is 0.504 e. The van der Waals surface area contributed by atoms with Gasteiger partial charge in [0.2, 0.25) is 5.95 Å². The van der Waals surface area contributed by atoms with Crippen LogP contribution in [0.1, 0.15) is 25.0 Å². The third kappa shape index (κ3) is 4.93.